The largest absolute Gasteiger partial charge is 0.324 e. The van der Waals surface area contributed by atoms with Crippen molar-refractivity contribution in [3.05, 3.63) is 28.8 Å². The number of fused-ring (bicyclic) bond motifs is 2. The number of hydrogen-bond donors (Lipinski definition) is 1. The molecule has 1 aromatic rings. The molecule has 2 amide bonds. The maximum atomic E-state index is 12.5. The average Bonchev–Trinajstić information content (AvgIpc) is 2.68. The van der Waals surface area contributed by atoms with Crippen molar-refractivity contribution in [2.45, 2.75) is 31.8 Å². The van der Waals surface area contributed by atoms with Crippen molar-refractivity contribution in [3.8, 4) is 0 Å². The van der Waals surface area contributed by atoms with Gasteiger partial charge in [-0.1, -0.05) is 11.6 Å². The van der Waals surface area contributed by atoms with Crippen LogP contribution in [-0.2, 0) is 4.79 Å². The van der Waals surface area contributed by atoms with Crippen molar-refractivity contribution < 1.29 is 9.59 Å². The quantitative estimate of drug-likeness (QED) is 0.782. The standard InChI is InChI=1S/C13H13ClN2O2/c1-7-2-5-11-12(17)15-10-4-3-8(14)6-9(10)13(18)16(7)11/h3-4,6-7,11H,2,5H2,1H3,(H,15,17). The van der Waals surface area contributed by atoms with E-state index >= 15 is 0 Å². The second-order valence-corrected chi connectivity index (χ2v) is 5.27. The first-order valence-electron chi connectivity index (χ1n) is 6.01. The molecular formula is C13H13ClN2O2. The van der Waals surface area contributed by atoms with Crippen LogP contribution in [0.1, 0.15) is 30.1 Å². The Morgan fingerprint density at radius 3 is 2.89 bits per heavy atom. The van der Waals surface area contributed by atoms with Gasteiger partial charge in [-0.15, -0.1) is 0 Å². The summed E-state index contributed by atoms with van der Waals surface area (Å²) in [5.41, 5.74) is 1.03. The Kier molecular flexibility index (Phi) is 2.55. The highest BCUT2D eigenvalue weighted by Gasteiger charge is 2.42. The molecule has 2 heterocycles. The van der Waals surface area contributed by atoms with Gasteiger partial charge in [0.05, 0.1) is 11.3 Å². The lowest BCUT2D eigenvalue weighted by atomic mass is 10.1. The lowest BCUT2D eigenvalue weighted by Crippen LogP contribution is -2.43. The summed E-state index contributed by atoms with van der Waals surface area (Å²) in [7, 11) is 0. The third kappa shape index (κ3) is 1.60. The van der Waals surface area contributed by atoms with Crippen LogP contribution >= 0.6 is 11.6 Å². The van der Waals surface area contributed by atoms with Gasteiger partial charge in [0.1, 0.15) is 6.04 Å². The van der Waals surface area contributed by atoms with Crippen molar-refractivity contribution in [2.24, 2.45) is 0 Å². The second kappa shape index (κ2) is 3.99. The molecule has 5 heteroatoms. The van der Waals surface area contributed by atoms with Crippen molar-refractivity contribution in [1.29, 1.82) is 0 Å². The van der Waals surface area contributed by atoms with E-state index < -0.39 is 0 Å². The SMILES string of the molecule is CC1CCC2C(=O)Nc3ccc(Cl)cc3C(=O)N12. The molecule has 3 rings (SSSR count). The van der Waals surface area contributed by atoms with Crippen LogP contribution in [-0.4, -0.2) is 28.8 Å². The van der Waals surface area contributed by atoms with Gasteiger partial charge in [-0.2, -0.15) is 0 Å². The fraction of sp³-hybridized carbons (Fsp3) is 0.385. The minimum Gasteiger partial charge on any atom is -0.324 e. The minimum atomic E-state index is -0.348. The fourth-order valence-corrected chi connectivity index (χ4v) is 2.91. The third-order valence-electron chi connectivity index (χ3n) is 3.68. The van der Waals surface area contributed by atoms with E-state index in [-0.39, 0.29) is 23.9 Å². The maximum Gasteiger partial charge on any atom is 0.256 e. The Balaban J connectivity index is 2.13. The summed E-state index contributed by atoms with van der Waals surface area (Å²) >= 11 is 5.93. The van der Waals surface area contributed by atoms with E-state index in [0.717, 1.165) is 12.8 Å². The van der Waals surface area contributed by atoms with Crippen molar-refractivity contribution in [2.75, 3.05) is 5.32 Å². The highest BCUT2D eigenvalue weighted by Crippen LogP contribution is 2.33. The molecule has 0 spiro atoms. The first-order chi connectivity index (χ1) is 8.58. The van der Waals surface area contributed by atoms with Crippen LogP contribution < -0.4 is 5.32 Å². The van der Waals surface area contributed by atoms with E-state index in [2.05, 4.69) is 5.32 Å². The molecule has 0 aliphatic carbocycles. The Morgan fingerprint density at radius 1 is 1.33 bits per heavy atom. The normalized spacial score (nSPS) is 26.4. The summed E-state index contributed by atoms with van der Waals surface area (Å²) in [6.07, 6.45) is 1.58. The third-order valence-corrected chi connectivity index (χ3v) is 3.91. The van der Waals surface area contributed by atoms with Gasteiger partial charge in [0.2, 0.25) is 5.91 Å². The number of amides is 2. The van der Waals surface area contributed by atoms with Crippen LogP contribution in [0, 0.1) is 0 Å². The Hall–Kier alpha value is -1.55. The highest BCUT2D eigenvalue weighted by atomic mass is 35.5. The van der Waals surface area contributed by atoms with Gasteiger partial charge in [-0.3, -0.25) is 9.59 Å². The Morgan fingerprint density at radius 2 is 2.11 bits per heavy atom. The van der Waals surface area contributed by atoms with Crippen LogP contribution in [0.15, 0.2) is 18.2 Å². The molecule has 1 saturated heterocycles. The van der Waals surface area contributed by atoms with E-state index in [4.69, 9.17) is 11.6 Å². The number of carbonyl (C=O) groups excluding carboxylic acids is 2. The van der Waals surface area contributed by atoms with Gasteiger partial charge in [0, 0.05) is 11.1 Å². The Labute approximate surface area is 110 Å². The van der Waals surface area contributed by atoms with Crippen molar-refractivity contribution >= 4 is 29.1 Å². The molecule has 2 aliphatic heterocycles. The summed E-state index contributed by atoms with van der Waals surface area (Å²) in [6.45, 7) is 1.97. The molecule has 2 unspecified atom stereocenters. The number of nitrogens with zero attached hydrogens (tertiary/aromatic N) is 1. The van der Waals surface area contributed by atoms with Gasteiger partial charge < -0.3 is 10.2 Å². The molecular weight excluding hydrogens is 252 g/mol. The summed E-state index contributed by atoms with van der Waals surface area (Å²) in [6, 6.07) is 4.72. The average molecular weight is 265 g/mol. The molecule has 94 valence electrons. The van der Waals surface area contributed by atoms with Gasteiger partial charge in [0.25, 0.3) is 5.91 Å². The smallest absolute Gasteiger partial charge is 0.256 e. The molecule has 2 aliphatic rings. The molecule has 18 heavy (non-hydrogen) atoms. The van der Waals surface area contributed by atoms with Gasteiger partial charge in [0.15, 0.2) is 0 Å². The Bertz CT molecular complexity index is 544. The molecule has 4 nitrogen and oxygen atoms in total. The van der Waals surface area contributed by atoms with Crippen LogP contribution in [0.2, 0.25) is 5.02 Å². The zero-order valence-electron chi connectivity index (χ0n) is 9.94. The van der Waals surface area contributed by atoms with Crippen LogP contribution in [0.4, 0.5) is 5.69 Å². The second-order valence-electron chi connectivity index (χ2n) is 4.83. The minimum absolute atomic E-state index is 0.0955. The first kappa shape index (κ1) is 11.5. The molecule has 0 saturated carbocycles. The number of anilines is 1. The maximum absolute atomic E-state index is 12.5. The lowest BCUT2D eigenvalue weighted by Gasteiger charge is -2.25. The summed E-state index contributed by atoms with van der Waals surface area (Å²) in [5.74, 6) is -0.213. The molecule has 1 fully saturated rings. The monoisotopic (exact) mass is 264 g/mol. The number of carbonyl (C=O) groups is 2. The van der Waals surface area contributed by atoms with Gasteiger partial charge in [-0.25, -0.2) is 0 Å². The first-order valence-corrected chi connectivity index (χ1v) is 6.39. The topological polar surface area (TPSA) is 49.4 Å². The molecule has 1 N–H and O–H groups in total. The fourth-order valence-electron chi connectivity index (χ4n) is 2.74. The predicted molar refractivity (Wildman–Crippen MR) is 68.7 cm³/mol. The number of rotatable bonds is 0. The molecule has 2 atom stereocenters. The van der Waals surface area contributed by atoms with E-state index in [1.54, 1.807) is 23.1 Å². The summed E-state index contributed by atoms with van der Waals surface area (Å²) < 4.78 is 0. The van der Waals surface area contributed by atoms with Crippen LogP contribution in [0.3, 0.4) is 0 Å². The van der Waals surface area contributed by atoms with E-state index in [1.807, 2.05) is 6.92 Å². The highest BCUT2D eigenvalue weighted by molar-refractivity contribution is 6.31. The van der Waals surface area contributed by atoms with Crippen molar-refractivity contribution in [1.82, 2.24) is 4.90 Å². The molecule has 0 bridgehead atoms. The van der Waals surface area contributed by atoms with Crippen LogP contribution in [0.25, 0.3) is 0 Å². The summed E-state index contributed by atoms with van der Waals surface area (Å²) in [5, 5.41) is 3.31. The zero-order chi connectivity index (χ0) is 12.9. The van der Waals surface area contributed by atoms with E-state index in [0.29, 0.717) is 16.3 Å². The summed E-state index contributed by atoms with van der Waals surface area (Å²) in [4.78, 5) is 26.3. The molecule has 1 aromatic carbocycles. The number of nitrogens with one attached hydrogen (secondary N) is 1. The van der Waals surface area contributed by atoms with Crippen molar-refractivity contribution in [3.63, 3.8) is 0 Å². The van der Waals surface area contributed by atoms with Gasteiger partial charge in [-0.05, 0) is 38.0 Å². The van der Waals surface area contributed by atoms with Gasteiger partial charge >= 0.3 is 0 Å². The van der Waals surface area contributed by atoms with E-state index in [1.165, 1.54) is 0 Å². The number of benzene rings is 1. The number of halogens is 1. The molecule has 0 aromatic heterocycles. The van der Waals surface area contributed by atoms with Crippen LogP contribution in [0.5, 0.6) is 0 Å². The number of hydrogen-bond acceptors (Lipinski definition) is 2. The zero-order valence-corrected chi connectivity index (χ0v) is 10.7. The predicted octanol–water partition coefficient (Wildman–Crippen LogP) is 2.29. The van der Waals surface area contributed by atoms with E-state index in [9.17, 15) is 9.59 Å². The molecule has 0 radical (unpaired) electrons. The lowest BCUT2D eigenvalue weighted by molar-refractivity contribution is -0.119.